The molecule has 2 fully saturated rings. The number of rotatable bonds is 4. The molecule has 1 aromatic rings. The van der Waals surface area contributed by atoms with Crippen LogP contribution in [0.15, 0.2) is 18.2 Å². The Morgan fingerprint density at radius 3 is 2.14 bits per heavy atom. The Morgan fingerprint density at radius 1 is 1.09 bits per heavy atom. The van der Waals surface area contributed by atoms with Crippen molar-refractivity contribution in [2.75, 3.05) is 7.11 Å². The molecule has 120 valence electrons. The molecule has 4 heteroatoms. The first-order valence-electron chi connectivity index (χ1n) is 8.37. The monoisotopic (exact) mass is 321 g/mol. The van der Waals surface area contributed by atoms with Gasteiger partial charge in [-0.15, -0.1) is 0 Å². The Labute approximate surface area is 137 Å². The molecular formula is C18H24ClNO2. The number of carbonyl (C=O) groups is 1. The molecule has 2 saturated carbocycles. The molecule has 0 saturated heterocycles. The predicted molar refractivity (Wildman–Crippen MR) is 88.7 cm³/mol. The number of methoxy groups -OCH3 is 1. The van der Waals surface area contributed by atoms with Crippen LogP contribution in [0.3, 0.4) is 0 Å². The molecule has 22 heavy (non-hydrogen) atoms. The molecule has 0 heterocycles. The van der Waals surface area contributed by atoms with Gasteiger partial charge in [0.1, 0.15) is 5.75 Å². The third-order valence-electron chi connectivity index (χ3n) is 5.06. The number of benzene rings is 1. The van der Waals surface area contributed by atoms with Crippen molar-refractivity contribution in [3.63, 3.8) is 0 Å². The predicted octanol–water partition coefficient (Wildman–Crippen LogP) is 4.68. The fraction of sp³-hybridized carbons (Fsp3) is 0.611. The van der Waals surface area contributed by atoms with Crippen LogP contribution in [0.5, 0.6) is 5.75 Å². The second-order valence-electron chi connectivity index (χ2n) is 6.43. The van der Waals surface area contributed by atoms with Gasteiger partial charge in [-0.2, -0.15) is 0 Å². The number of hydrogen-bond acceptors (Lipinski definition) is 2. The normalized spacial score (nSPS) is 19.5. The number of hydrogen-bond donors (Lipinski definition) is 0. The van der Waals surface area contributed by atoms with Crippen molar-refractivity contribution >= 4 is 17.5 Å². The van der Waals surface area contributed by atoms with Crippen LogP contribution in [0, 0.1) is 0 Å². The Kier molecular flexibility index (Phi) is 4.92. The van der Waals surface area contributed by atoms with Crippen molar-refractivity contribution in [1.82, 2.24) is 4.90 Å². The molecule has 3 rings (SSSR count). The van der Waals surface area contributed by atoms with Gasteiger partial charge < -0.3 is 9.64 Å². The fourth-order valence-electron chi connectivity index (χ4n) is 3.98. The minimum atomic E-state index is 0.118. The second-order valence-corrected chi connectivity index (χ2v) is 6.87. The average molecular weight is 322 g/mol. The van der Waals surface area contributed by atoms with Crippen LogP contribution in [0.4, 0.5) is 0 Å². The Hall–Kier alpha value is -1.22. The summed E-state index contributed by atoms with van der Waals surface area (Å²) < 4.78 is 5.39. The lowest BCUT2D eigenvalue weighted by atomic mass is 10.1. The molecule has 0 radical (unpaired) electrons. The van der Waals surface area contributed by atoms with Gasteiger partial charge in [0.2, 0.25) is 0 Å². The standard InChI is InChI=1S/C18H24ClNO2/c1-22-17-12-13(19)10-11-16(17)18(21)20(14-6-2-3-7-14)15-8-4-5-9-15/h10-12,14-15H,2-9H2,1H3. The highest BCUT2D eigenvalue weighted by Crippen LogP contribution is 2.34. The van der Waals surface area contributed by atoms with E-state index in [0.717, 1.165) is 25.7 Å². The van der Waals surface area contributed by atoms with Gasteiger partial charge in [-0.1, -0.05) is 37.3 Å². The number of carbonyl (C=O) groups excluding carboxylic acids is 1. The molecule has 1 aromatic carbocycles. The van der Waals surface area contributed by atoms with Crippen LogP contribution in [-0.4, -0.2) is 30.0 Å². The summed E-state index contributed by atoms with van der Waals surface area (Å²) in [5.41, 5.74) is 0.644. The van der Waals surface area contributed by atoms with E-state index in [4.69, 9.17) is 16.3 Å². The molecular weight excluding hydrogens is 298 g/mol. The summed E-state index contributed by atoms with van der Waals surface area (Å²) in [6, 6.07) is 6.11. The SMILES string of the molecule is COc1cc(Cl)ccc1C(=O)N(C1CCCC1)C1CCCC1. The van der Waals surface area contributed by atoms with Crippen LogP contribution >= 0.6 is 11.6 Å². The van der Waals surface area contributed by atoms with Crippen molar-refractivity contribution in [2.24, 2.45) is 0 Å². The highest BCUT2D eigenvalue weighted by atomic mass is 35.5. The van der Waals surface area contributed by atoms with Crippen LogP contribution < -0.4 is 4.74 Å². The Bertz CT molecular complexity index is 518. The molecule has 0 aromatic heterocycles. The van der Waals surface area contributed by atoms with Crippen LogP contribution in [-0.2, 0) is 0 Å². The minimum absolute atomic E-state index is 0.118. The van der Waals surface area contributed by atoms with Crippen molar-refractivity contribution in [1.29, 1.82) is 0 Å². The van der Waals surface area contributed by atoms with Gasteiger partial charge in [-0.3, -0.25) is 4.79 Å². The largest absolute Gasteiger partial charge is 0.496 e. The molecule has 1 amide bonds. The zero-order valence-electron chi connectivity index (χ0n) is 13.2. The first-order chi connectivity index (χ1) is 10.7. The van der Waals surface area contributed by atoms with Gasteiger partial charge in [0.25, 0.3) is 5.91 Å². The van der Waals surface area contributed by atoms with Gasteiger partial charge in [0, 0.05) is 17.1 Å². The van der Waals surface area contributed by atoms with Crippen molar-refractivity contribution < 1.29 is 9.53 Å². The second kappa shape index (κ2) is 6.91. The maximum Gasteiger partial charge on any atom is 0.258 e. The summed E-state index contributed by atoms with van der Waals surface area (Å²) in [6.45, 7) is 0. The molecule has 0 bridgehead atoms. The van der Waals surface area contributed by atoms with Crippen molar-refractivity contribution in [3.05, 3.63) is 28.8 Å². The zero-order chi connectivity index (χ0) is 15.5. The lowest BCUT2D eigenvalue weighted by molar-refractivity contribution is 0.0577. The molecule has 2 aliphatic rings. The smallest absolute Gasteiger partial charge is 0.258 e. The van der Waals surface area contributed by atoms with Crippen molar-refractivity contribution in [3.8, 4) is 5.75 Å². The first-order valence-corrected chi connectivity index (χ1v) is 8.74. The molecule has 0 aliphatic heterocycles. The zero-order valence-corrected chi connectivity index (χ0v) is 13.9. The number of ether oxygens (including phenoxy) is 1. The van der Waals surface area contributed by atoms with Crippen LogP contribution in [0.25, 0.3) is 0 Å². The summed E-state index contributed by atoms with van der Waals surface area (Å²) in [5, 5.41) is 0.599. The molecule has 0 spiro atoms. The number of halogens is 1. The fourth-order valence-corrected chi connectivity index (χ4v) is 4.14. The maximum absolute atomic E-state index is 13.2. The van der Waals surface area contributed by atoms with Gasteiger partial charge in [0.05, 0.1) is 12.7 Å². The molecule has 2 aliphatic carbocycles. The summed E-state index contributed by atoms with van der Waals surface area (Å²) >= 11 is 6.03. The molecule has 0 atom stereocenters. The van der Waals surface area contributed by atoms with Crippen molar-refractivity contribution in [2.45, 2.75) is 63.5 Å². The number of amides is 1. The van der Waals surface area contributed by atoms with E-state index in [1.807, 2.05) is 0 Å². The van der Waals surface area contributed by atoms with Gasteiger partial charge in [-0.05, 0) is 43.9 Å². The lowest BCUT2D eigenvalue weighted by Crippen LogP contribution is -2.45. The van der Waals surface area contributed by atoms with Crippen LogP contribution in [0.1, 0.15) is 61.7 Å². The van der Waals surface area contributed by atoms with E-state index >= 15 is 0 Å². The maximum atomic E-state index is 13.2. The van der Waals surface area contributed by atoms with Crippen LogP contribution in [0.2, 0.25) is 5.02 Å². The highest BCUT2D eigenvalue weighted by molar-refractivity contribution is 6.30. The van der Waals surface area contributed by atoms with E-state index < -0.39 is 0 Å². The van der Waals surface area contributed by atoms with E-state index in [-0.39, 0.29) is 5.91 Å². The topological polar surface area (TPSA) is 29.5 Å². The van der Waals surface area contributed by atoms with Gasteiger partial charge in [-0.25, -0.2) is 0 Å². The van der Waals surface area contributed by atoms with E-state index in [2.05, 4.69) is 4.90 Å². The Balaban J connectivity index is 1.91. The summed E-state index contributed by atoms with van der Waals surface area (Å²) in [4.78, 5) is 15.4. The quantitative estimate of drug-likeness (QED) is 0.806. The molecule has 3 nitrogen and oxygen atoms in total. The van der Waals surface area contributed by atoms with Gasteiger partial charge >= 0.3 is 0 Å². The van der Waals surface area contributed by atoms with E-state index in [0.29, 0.717) is 28.4 Å². The lowest BCUT2D eigenvalue weighted by Gasteiger charge is -2.35. The summed E-state index contributed by atoms with van der Waals surface area (Å²) in [7, 11) is 1.60. The minimum Gasteiger partial charge on any atom is -0.496 e. The van der Waals surface area contributed by atoms with E-state index in [9.17, 15) is 4.79 Å². The third kappa shape index (κ3) is 3.10. The van der Waals surface area contributed by atoms with E-state index in [1.54, 1.807) is 25.3 Å². The highest BCUT2D eigenvalue weighted by Gasteiger charge is 2.35. The average Bonchev–Trinajstić information content (AvgIpc) is 3.21. The molecule has 0 N–H and O–H groups in total. The summed E-state index contributed by atoms with van der Waals surface area (Å²) in [6.07, 6.45) is 9.49. The third-order valence-corrected chi connectivity index (χ3v) is 5.30. The molecule has 0 unspecified atom stereocenters. The number of nitrogens with zero attached hydrogens (tertiary/aromatic N) is 1. The Morgan fingerprint density at radius 2 is 1.64 bits per heavy atom. The first kappa shape index (κ1) is 15.7. The van der Waals surface area contributed by atoms with Gasteiger partial charge in [0.15, 0.2) is 0 Å². The van der Waals surface area contributed by atoms with E-state index in [1.165, 1.54) is 25.7 Å². The summed E-state index contributed by atoms with van der Waals surface area (Å²) in [5.74, 6) is 0.700.